The minimum absolute atomic E-state index is 0.698. The average Bonchev–Trinajstić information content (AvgIpc) is 2.65. The van der Waals surface area contributed by atoms with Crippen molar-refractivity contribution in [3.8, 4) is 0 Å². The fraction of sp³-hybridized carbons (Fsp3) is 0.571. The molecule has 2 nitrogen and oxygen atoms in total. The first-order valence-electron chi connectivity index (χ1n) is 6.34. The maximum Gasteiger partial charge on any atom is 0.0402 e. The summed E-state index contributed by atoms with van der Waals surface area (Å²) in [6, 6.07) is 7.63. The van der Waals surface area contributed by atoms with E-state index in [2.05, 4.69) is 30.0 Å². The first kappa shape index (κ1) is 10.2. The van der Waals surface area contributed by atoms with Crippen LogP contribution in [0, 0.1) is 12.8 Å². The van der Waals surface area contributed by atoms with Gasteiger partial charge in [-0.1, -0.05) is 17.7 Å². The van der Waals surface area contributed by atoms with Crippen LogP contribution in [-0.4, -0.2) is 19.1 Å². The minimum Gasteiger partial charge on any atom is -0.368 e. The summed E-state index contributed by atoms with van der Waals surface area (Å²) in [6.07, 6.45) is 3.87. The Labute approximate surface area is 97.4 Å². The molecule has 0 aromatic heterocycles. The number of hydrogen-bond acceptors (Lipinski definition) is 2. The third-order valence-corrected chi connectivity index (χ3v) is 4.14. The molecule has 2 aliphatic heterocycles. The summed E-state index contributed by atoms with van der Waals surface area (Å²) in [5.74, 6) is 0.698. The SMILES string of the molecule is Cc1ccc2c(c1)CC1CCC(CN)CN21. The predicted octanol–water partition coefficient (Wildman–Crippen LogP) is 2.09. The van der Waals surface area contributed by atoms with E-state index in [-0.39, 0.29) is 0 Å². The lowest BCUT2D eigenvalue weighted by Crippen LogP contribution is -2.43. The monoisotopic (exact) mass is 216 g/mol. The Morgan fingerprint density at radius 1 is 1.38 bits per heavy atom. The lowest BCUT2D eigenvalue weighted by atomic mass is 9.93. The molecule has 86 valence electrons. The summed E-state index contributed by atoms with van der Waals surface area (Å²) >= 11 is 0. The summed E-state index contributed by atoms with van der Waals surface area (Å²) in [6.45, 7) is 4.18. The minimum atomic E-state index is 0.698. The molecule has 1 fully saturated rings. The van der Waals surface area contributed by atoms with Gasteiger partial charge in [0.2, 0.25) is 0 Å². The van der Waals surface area contributed by atoms with E-state index in [1.165, 1.54) is 30.5 Å². The van der Waals surface area contributed by atoms with Crippen molar-refractivity contribution in [3.63, 3.8) is 0 Å². The molecule has 0 saturated carbocycles. The average molecular weight is 216 g/mol. The van der Waals surface area contributed by atoms with E-state index in [0.29, 0.717) is 5.92 Å². The molecule has 0 amide bonds. The molecule has 1 aromatic carbocycles. The van der Waals surface area contributed by atoms with Crippen LogP contribution in [0.3, 0.4) is 0 Å². The molecular formula is C14H20N2. The van der Waals surface area contributed by atoms with E-state index in [4.69, 9.17) is 5.73 Å². The van der Waals surface area contributed by atoms with Gasteiger partial charge in [-0.2, -0.15) is 0 Å². The molecule has 0 bridgehead atoms. The van der Waals surface area contributed by atoms with Crippen LogP contribution in [0.2, 0.25) is 0 Å². The largest absolute Gasteiger partial charge is 0.368 e. The van der Waals surface area contributed by atoms with Crippen LogP contribution in [0.1, 0.15) is 24.0 Å². The first-order valence-corrected chi connectivity index (χ1v) is 6.34. The molecule has 2 aliphatic rings. The van der Waals surface area contributed by atoms with E-state index >= 15 is 0 Å². The van der Waals surface area contributed by atoms with Crippen LogP contribution >= 0.6 is 0 Å². The van der Waals surface area contributed by atoms with Gasteiger partial charge >= 0.3 is 0 Å². The molecular weight excluding hydrogens is 196 g/mol. The molecule has 0 aliphatic carbocycles. The maximum atomic E-state index is 5.80. The van der Waals surface area contributed by atoms with Gasteiger partial charge in [0, 0.05) is 18.3 Å². The standard InChI is InChI=1S/C14H20N2/c1-10-2-5-14-12(6-10)7-13-4-3-11(8-15)9-16(13)14/h2,5-6,11,13H,3-4,7-9,15H2,1H3. The number of anilines is 1. The highest BCUT2D eigenvalue weighted by Crippen LogP contribution is 2.38. The van der Waals surface area contributed by atoms with Gasteiger partial charge in [0.25, 0.3) is 0 Å². The second-order valence-electron chi connectivity index (χ2n) is 5.32. The molecule has 0 radical (unpaired) electrons. The van der Waals surface area contributed by atoms with Crippen LogP contribution in [0.15, 0.2) is 18.2 Å². The quantitative estimate of drug-likeness (QED) is 0.779. The number of benzene rings is 1. The summed E-state index contributed by atoms with van der Waals surface area (Å²) in [4.78, 5) is 2.59. The first-order chi connectivity index (χ1) is 7.78. The number of aryl methyl sites for hydroxylation is 1. The topological polar surface area (TPSA) is 29.3 Å². The number of rotatable bonds is 1. The number of hydrogen-bond donors (Lipinski definition) is 1. The van der Waals surface area contributed by atoms with Crippen molar-refractivity contribution in [3.05, 3.63) is 29.3 Å². The van der Waals surface area contributed by atoms with Crippen LogP contribution in [0.4, 0.5) is 5.69 Å². The highest BCUT2D eigenvalue weighted by atomic mass is 15.2. The molecule has 0 spiro atoms. The summed E-state index contributed by atoms with van der Waals surface area (Å²) in [5, 5.41) is 0. The van der Waals surface area contributed by atoms with Gasteiger partial charge in [0.15, 0.2) is 0 Å². The van der Waals surface area contributed by atoms with Gasteiger partial charge in [-0.05, 0) is 50.3 Å². The Kier molecular flexibility index (Phi) is 2.40. The third-order valence-electron chi connectivity index (χ3n) is 4.14. The summed E-state index contributed by atoms with van der Waals surface area (Å²) in [5.41, 5.74) is 10.2. The lowest BCUT2D eigenvalue weighted by molar-refractivity contribution is 0.372. The normalized spacial score (nSPS) is 27.8. The Balaban J connectivity index is 1.91. The number of nitrogens with two attached hydrogens (primary N) is 1. The van der Waals surface area contributed by atoms with E-state index in [9.17, 15) is 0 Å². The smallest absolute Gasteiger partial charge is 0.0402 e. The molecule has 1 aromatic rings. The highest BCUT2D eigenvalue weighted by molar-refractivity contribution is 5.60. The highest BCUT2D eigenvalue weighted by Gasteiger charge is 2.34. The second kappa shape index (κ2) is 3.77. The number of nitrogens with zero attached hydrogens (tertiary/aromatic N) is 1. The second-order valence-corrected chi connectivity index (χ2v) is 5.32. The van der Waals surface area contributed by atoms with Gasteiger partial charge in [0.1, 0.15) is 0 Å². The van der Waals surface area contributed by atoms with Crippen molar-refractivity contribution >= 4 is 5.69 Å². The van der Waals surface area contributed by atoms with E-state index in [0.717, 1.165) is 19.1 Å². The number of piperidine rings is 1. The van der Waals surface area contributed by atoms with E-state index < -0.39 is 0 Å². The van der Waals surface area contributed by atoms with Crippen molar-refractivity contribution in [2.45, 2.75) is 32.2 Å². The van der Waals surface area contributed by atoms with Gasteiger partial charge in [-0.15, -0.1) is 0 Å². The molecule has 2 atom stereocenters. The molecule has 16 heavy (non-hydrogen) atoms. The number of fused-ring (bicyclic) bond motifs is 3. The molecule has 3 rings (SSSR count). The van der Waals surface area contributed by atoms with Gasteiger partial charge in [-0.25, -0.2) is 0 Å². The zero-order chi connectivity index (χ0) is 11.1. The predicted molar refractivity (Wildman–Crippen MR) is 67.8 cm³/mol. The van der Waals surface area contributed by atoms with Gasteiger partial charge < -0.3 is 10.6 Å². The molecule has 2 heterocycles. The van der Waals surface area contributed by atoms with E-state index in [1.54, 1.807) is 5.56 Å². The van der Waals surface area contributed by atoms with Gasteiger partial charge in [-0.3, -0.25) is 0 Å². The van der Waals surface area contributed by atoms with Crippen molar-refractivity contribution < 1.29 is 0 Å². The zero-order valence-corrected chi connectivity index (χ0v) is 9.95. The lowest BCUT2D eigenvalue weighted by Gasteiger charge is -2.36. The Hall–Kier alpha value is -1.02. The Morgan fingerprint density at radius 3 is 3.06 bits per heavy atom. The van der Waals surface area contributed by atoms with Crippen LogP contribution in [0.25, 0.3) is 0 Å². The van der Waals surface area contributed by atoms with Gasteiger partial charge in [0.05, 0.1) is 0 Å². The molecule has 2 N–H and O–H groups in total. The zero-order valence-electron chi connectivity index (χ0n) is 9.95. The summed E-state index contributed by atoms with van der Waals surface area (Å²) in [7, 11) is 0. The Bertz CT molecular complexity index is 400. The molecule has 2 unspecified atom stereocenters. The fourth-order valence-corrected chi connectivity index (χ4v) is 3.21. The fourth-order valence-electron chi connectivity index (χ4n) is 3.21. The van der Waals surface area contributed by atoms with Crippen molar-refractivity contribution in [1.82, 2.24) is 0 Å². The summed E-state index contributed by atoms with van der Waals surface area (Å²) < 4.78 is 0. The Morgan fingerprint density at radius 2 is 2.25 bits per heavy atom. The van der Waals surface area contributed by atoms with E-state index in [1.807, 2.05) is 0 Å². The molecule has 2 heteroatoms. The maximum absolute atomic E-state index is 5.80. The van der Waals surface area contributed by atoms with Crippen LogP contribution in [0.5, 0.6) is 0 Å². The van der Waals surface area contributed by atoms with Crippen molar-refractivity contribution in [1.29, 1.82) is 0 Å². The van der Waals surface area contributed by atoms with Crippen molar-refractivity contribution in [2.24, 2.45) is 11.7 Å². The van der Waals surface area contributed by atoms with Crippen LogP contribution in [-0.2, 0) is 6.42 Å². The molecule has 1 saturated heterocycles. The third kappa shape index (κ3) is 1.52. The van der Waals surface area contributed by atoms with Crippen LogP contribution < -0.4 is 10.6 Å². The van der Waals surface area contributed by atoms with Crippen molar-refractivity contribution in [2.75, 3.05) is 18.0 Å².